The van der Waals surface area contributed by atoms with Gasteiger partial charge in [-0.25, -0.2) is 0 Å². The second-order valence-corrected chi connectivity index (χ2v) is 6.58. The molecule has 0 aromatic heterocycles. The molecule has 2 heterocycles. The molecule has 2 aliphatic heterocycles. The van der Waals surface area contributed by atoms with E-state index in [0.717, 1.165) is 52.2 Å². The van der Waals surface area contributed by atoms with Crippen molar-refractivity contribution in [3.63, 3.8) is 0 Å². The minimum Gasteiger partial charge on any atom is -0.493 e. The summed E-state index contributed by atoms with van der Waals surface area (Å²) < 4.78 is 21.6. The number of hydrogen-bond donors (Lipinski definition) is 0. The number of hydrogen-bond acceptors (Lipinski definition) is 6. The zero-order valence-electron chi connectivity index (χ0n) is 15.8. The Kier molecular flexibility index (Phi) is 6.21. The number of benzene rings is 1. The smallest absolute Gasteiger partial charge is 0.257 e. The molecule has 7 heteroatoms. The zero-order valence-corrected chi connectivity index (χ0v) is 15.8. The highest BCUT2D eigenvalue weighted by Crippen LogP contribution is 2.40. The topological polar surface area (TPSA) is 60.5 Å². The molecule has 0 N–H and O–H groups in total. The Hall–Kier alpha value is -1.99. The Labute approximate surface area is 154 Å². The third kappa shape index (κ3) is 3.73. The van der Waals surface area contributed by atoms with Gasteiger partial charge in [-0.15, -0.1) is 0 Å². The lowest BCUT2D eigenvalue weighted by Gasteiger charge is -2.41. The van der Waals surface area contributed by atoms with Crippen molar-refractivity contribution < 1.29 is 23.7 Å². The van der Waals surface area contributed by atoms with Gasteiger partial charge in [0.25, 0.3) is 5.91 Å². The molecule has 0 bridgehead atoms. The fraction of sp³-hybridized carbons (Fsp3) is 0.632. The summed E-state index contributed by atoms with van der Waals surface area (Å²) in [6.07, 6.45) is 2.12. The molecule has 0 spiro atoms. The highest BCUT2D eigenvalue weighted by atomic mass is 16.5. The van der Waals surface area contributed by atoms with Crippen LogP contribution in [0.15, 0.2) is 12.1 Å². The summed E-state index contributed by atoms with van der Waals surface area (Å²) in [7, 11) is 4.65. The van der Waals surface area contributed by atoms with Crippen LogP contribution in [-0.4, -0.2) is 82.5 Å². The molecular weight excluding hydrogens is 336 g/mol. The van der Waals surface area contributed by atoms with Crippen LogP contribution >= 0.6 is 0 Å². The van der Waals surface area contributed by atoms with E-state index in [1.807, 2.05) is 4.90 Å². The van der Waals surface area contributed by atoms with Crippen LogP contribution in [0.3, 0.4) is 0 Å². The van der Waals surface area contributed by atoms with Crippen molar-refractivity contribution in [2.75, 3.05) is 60.7 Å². The van der Waals surface area contributed by atoms with E-state index in [2.05, 4.69) is 4.90 Å². The van der Waals surface area contributed by atoms with Crippen molar-refractivity contribution in [2.24, 2.45) is 0 Å². The summed E-state index contributed by atoms with van der Waals surface area (Å²) in [4.78, 5) is 17.5. The van der Waals surface area contributed by atoms with E-state index in [1.54, 1.807) is 33.5 Å². The number of morpholine rings is 1. The summed E-state index contributed by atoms with van der Waals surface area (Å²) >= 11 is 0. The SMILES string of the molecule is COc1ccc(C(=O)N2CCC[C@H](N3CCOCC3)C2)c(OC)c1OC. The Bertz CT molecular complexity index is 631. The van der Waals surface area contributed by atoms with E-state index >= 15 is 0 Å². The van der Waals surface area contributed by atoms with Crippen molar-refractivity contribution in [2.45, 2.75) is 18.9 Å². The van der Waals surface area contributed by atoms with Crippen molar-refractivity contribution >= 4 is 5.91 Å². The molecule has 1 atom stereocenters. The van der Waals surface area contributed by atoms with Crippen LogP contribution in [0.5, 0.6) is 17.2 Å². The normalized spacial score (nSPS) is 21.3. The van der Waals surface area contributed by atoms with Gasteiger partial charge in [0.05, 0.1) is 40.1 Å². The third-order valence-corrected chi connectivity index (χ3v) is 5.18. The molecule has 3 rings (SSSR count). The molecule has 0 radical (unpaired) electrons. The van der Waals surface area contributed by atoms with E-state index in [4.69, 9.17) is 18.9 Å². The first-order chi connectivity index (χ1) is 12.7. The van der Waals surface area contributed by atoms with Crippen LogP contribution in [0.1, 0.15) is 23.2 Å². The van der Waals surface area contributed by atoms with Crippen LogP contribution in [0.25, 0.3) is 0 Å². The largest absolute Gasteiger partial charge is 0.493 e. The standard InChI is InChI=1S/C19H28N2O5/c1-23-16-7-6-15(17(24-2)18(16)25-3)19(22)21-8-4-5-14(13-21)20-9-11-26-12-10-20/h6-7,14H,4-5,8-13H2,1-3H3/t14-/m0/s1. The molecule has 7 nitrogen and oxygen atoms in total. The van der Waals surface area contributed by atoms with Crippen LogP contribution in [-0.2, 0) is 4.74 Å². The number of rotatable bonds is 5. The van der Waals surface area contributed by atoms with Gasteiger partial charge in [-0.3, -0.25) is 9.69 Å². The lowest BCUT2D eigenvalue weighted by Crippen LogP contribution is -2.52. The number of nitrogens with zero attached hydrogens (tertiary/aromatic N) is 2. The molecular formula is C19H28N2O5. The van der Waals surface area contributed by atoms with Gasteiger partial charge in [-0.05, 0) is 25.0 Å². The number of amides is 1. The first-order valence-corrected chi connectivity index (χ1v) is 9.09. The van der Waals surface area contributed by atoms with Gasteiger partial charge in [0, 0.05) is 32.2 Å². The number of piperidine rings is 1. The van der Waals surface area contributed by atoms with Crippen molar-refractivity contribution in [1.29, 1.82) is 0 Å². The van der Waals surface area contributed by atoms with Crippen LogP contribution in [0.2, 0.25) is 0 Å². The Morgan fingerprint density at radius 2 is 1.77 bits per heavy atom. The van der Waals surface area contributed by atoms with Crippen molar-refractivity contribution in [3.8, 4) is 17.2 Å². The van der Waals surface area contributed by atoms with Crippen LogP contribution in [0.4, 0.5) is 0 Å². The first kappa shape index (κ1) is 18.8. The number of carbonyl (C=O) groups excluding carboxylic acids is 1. The Balaban J connectivity index is 1.80. The number of carbonyl (C=O) groups is 1. The maximum absolute atomic E-state index is 13.2. The van der Waals surface area contributed by atoms with E-state index in [1.165, 1.54) is 0 Å². The van der Waals surface area contributed by atoms with E-state index in [9.17, 15) is 4.79 Å². The highest BCUT2D eigenvalue weighted by molar-refractivity contribution is 5.98. The van der Waals surface area contributed by atoms with Crippen LogP contribution in [0, 0.1) is 0 Å². The molecule has 1 aromatic carbocycles. The molecule has 2 saturated heterocycles. The minimum atomic E-state index is -0.0271. The van der Waals surface area contributed by atoms with Crippen molar-refractivity contribution in [3.05, 3.63) is 17.7 Å². The van der Waals surface area contributed by atoms with E-state index in [-0.39, 0.29) is 5.91 Å². The van der Waals surface area contributed by atoms with Gasteiger partial charge in [-0.1, -0.05) is 0 Å². The fourth-order valence-electron chi connectivity index (χ4n) is 3.82. The quantitative estimate of drug-likeness (QED) is 0.792. The molecule has 0 saturated carbocycles. The number of likely N-dealkylation sites (tertiary alicyclic amines) is 1. The average molecular weight is 364 g/mol. The predicted octanol–water partition coefficient (Wildman–Crippen LogP) is 1.65. The maximum atomic E-state index is 13.2. The molecule has 26 heavy (non-hydrogen) atoms. The zero-order chi connectivity index (χ0) is 18.5. The van der Waals surface area contributed by atoms with Gasteiger partial charge in [0.2, 0.25) is 5.75 Å². The van der Waals surface area contributed by atoms with Gasteiger partial charge in [-0.2, -0.15) is 0 Å². The summed E-state index contributed by atoms with van der Waals surface area (Å²) in [5.74, 6) is 1.39. The van der Waals surface area contributed by atoms with Crippen LogP contribution < -0.4 is 14.2 Å². The molecule has 144 valence electrons. The summed E-state index contributed by atoms with van der Waals surface area (Å²) in [6, 6.07) is 3.89. The molecule has 2 fully saturated rings. The van der Waals surface area contributed by atoms with E-state index in [0.29, 0.717) is 28.9 Å². The summed E-state index contributed by atoms with van der Waals surface area (Å²) in [6.45, 7) is 4.91. The Morgan fingerprint density at radius 3 is 2.42 bits per heavy atom. The average Bonchev–Trinajstić information content (AvgIpc) is 2.72. The van der Waals surface area contributed by atoms with Gasteiger partial charge >= 0.3 is 0 Å². The number of ether oxygens (including phenoxy) is 4. The lowest BCUT2D eigenvalue weighted by molar-refractivity contribution is -0.00125. The lowest BCUT2D eigenvalue weighted by atomic mass is 10.0. The molecule has 1 amide bonds. The predicted molar refractivity (Wildman–Crippen MR) is 97.4 cm³/mol. The van der Waals surface area contributed by atoms with Gasteiger partial charge in [0.15, 0.2) is 11.5 Å². The van der Waals surface area contributed by atoms with E-state index < -0.39 is 0 Å². The second kappa shape index (κ2) is 8.60. The fourth-order valence-corrected chi connectivity index (χ4v) is 3.82. The third-order valence-electron chi connectivity index (χ3n) is 5.18. The maximum Gasteiger partial charge on any atom is 0.257 e. The highest BCUT2D eigenvalue weighted by Gasteiger charge is 2.31. The van der Waals surface area contributed by atoms with Gasteiger partial charge < -0.3 is 23.8 Å². The first-order valence-electron chi connectivity index (χ1n) is 9.09. The monoisotopic (exact) mass is 364 g/mol. The second-order valence-electron chi connectivity index (χ2n) is 6.58. The molecule has 0 aliphatic carbocycles. The summed E-state index contributed by atoms with van der Waals surface area (Å²) in [5, 5.41) is 0. The Morgan fingerprint density at radius 1 is 1.04 bits per heavy atom. The van der Waals surface area contributed by atoms with Gasteiger partial charge in [0.1, 0.15) is 0 Å². The molecule has 2 aliphatic rings. The molecule has 0 unspecified atom stereocenters. The molecule has 1 aromatic rings. The minimum absolute atomic E-state index is 0.0271. The summed E-state index contributed by atoms with van der Waals surface area (Å²) in [5.41, 5.74) is 0.507. The van der Waals surface area contributed by atoms with Crippen molar-refractivity contribution in [1.82, 2.24) is 9.80 Å². The number of methoxy groups -OCH3 is 3.